The van der Waals surface area contributed by atoms with Crippen molar-refractivity contribution in [2.75, 3.05) is 26.4 Å². The topological polar surface area (TPSA) is 39.7 Å². The maximum absolute atomic E-state index is 6.06. The lowest BCUT2D eigenvalue weighted by molar-refractivity contribution is -0.0125. The molecule has 4 heteroatoms. The van der Waals surface area contributed by atoms with Gasteiger partial charge in [-0.2, -0.15) is 0 Å². The molecule has 1 aromatic rings. The normalized spacial score (nSPS) is 25.8. The molecule has 1 N–H and O–H groups in total. The van der Waals surface area contributed by atoms with E-state index in [1.807, 2.05) is 6.07 Å². The van der Waals surface area contributed by atoms with Gasteiger partial charge < -0.3 is 19.5 Å². The molecular weight excluding hydrogens is 266 g/mol. The minimum absolute atomic E-state index is 0.140. The summed E-state index contributed by atoms with van der Waals surface area (Å²) in [6.07, 6.45) is 3.32. The van der Waals surface area contributed by atoms with Gasteiger partial charge in [0, 0.05) is 6.61 Å². The summed E-state index contributed by atoms with van der Waals surface area (Å²) in [4.78, 5) is 0. The lowest BCUT2D eigenvalue weighted by atomic mass is 9.87. The first kappa shape index (κ1) is 14.7. The second-order valence-electron chi connectivity index (χ2n) is 6.05. The van der Waals surface area contributed by atoms with Crippen molar-refractivity contribution < 1.29 is 14.2 Å². The van der Waals surface area contributed by atoms with Gasteiger partial charge in [0.05, 0.1) is 11.6 Å². The van der Waals surface area contributed by atoms with E-state index < -0.39 is 0 Å². The Bertz CT molecular complexity index is 483. The van der Waals surface area contributed by atoms with Crippen LogP contribution in [0.15, 0.2) is 18.2 Å². The predicted molar refractivity (Wildman–Crippen MR) is 82.1 cm³/mol. The van der Waals surface area contributed by atoms with Crippen molar-refractivity contribution in [3.8, 4) is 11.5 Å². The van der Waals surface area contributed by atoms with Crippen LogP contribution in [0.25, 0.3) is 0 Å². The number of ether oxygens (including phenoxy) is 3. The molecule has 0 saturated carbocycles. The van der Waals surface area contributed by atoms with E-state index in [-0.39, 0.29) is 11.6 Å². The summed E-state index contributed by atoms with van der Waals surface area (Å²) in [7, 11) is 0. The van der Waals surface area contributed by atoms with Gasteiger partial charge in [-0.1, -0.05) is 13.0 Å². The van der Waals surface area contributed by atoms with E-state index in [9.17, 15) is 0 Å². The van der Waals surface area contributed by atoms with Gasteiger partial charge in [-0.15, -0.1) is 0 Å². The van der Waals surface area contributed by atoms with Crippen LogP contribution in [-0.2, 0) is 4.74 Å². The molecule has 3 rings (SSSR count). The summed E-state index contributed by atoms with van der Waals surface area (Å²) in [5.74, 6) is 1.69. The Labute approximate surface area is 126 Å². The van der Waals surface area contributed by atoms with Gasteiger partial charge in [0.1, 0.15) is 13.2 Å². The standard InChI is InChI=1S/C17H25NO3/c1-3-8-18-16(17(2)7-4-9-21-17)13-5-6-14-15(12-13)20-11-10-19-14/h5-6,12,16,18H,3-4,7-11H2,1-2H3. The molecule has 21 heavy (non-hydrogen) atoms. The molecule has 0 spiro atoms. The molecule has 2 atom stereocenters. The lowest BCUT2D eigenvalue weighted by Crippen LogP contribution is -2.41. The Balaban J connectivity index is 1.88. The zero-order valence-corrected chi connectivity index (χ0v) is 13.0. The van der Waals surface area contributed by atoms with E-state index in [1.54, 1.807) is 0 Å². The minimum atomic E-state index is -0.140. The van der Waals surface area contributed by atoms with Gasteiger partial charge >= 0.3 is 0 Å². The van der Waals surface area contributed by atoms with Crippen molar-refractivity contribution in [2.24, 2.45) is 0 Å². The van der Waals surface area contributed by atoms with Crippen molar-refractivity contribution in [3.05, 3.63) is 23.8 Å². The highest BCUT2D eigenvalue weighted by atomic mass is 16.6. The number of hydrogen-bond acceptors (Lipinski definition) is 4. The molecule has 1 saturated heterocycles. The predicted octanol–water partition coefficient (Wildman–Crippen LogP) is 3.07. The van der Waals surface area contributed by atoms with E-state index in [1.165, 1.54) is 5.56 Å². The molecule has 2 aliphatic rings. The highest BCUT2D eigenvalue weighted by Gasteiger charge is 2.39. The SMILES string of the molecule is CCCNC(c1ccc2c(c1)OCCO2)C1(C)CCCO1. The maximum Gasteiger partial charge on any atom is 0.161 e. The van der Waals surface area contributed by atoms with E-state index >= 15 is 0 Å². The highest BCUT2D eigenvalue weighted by Crippen LogP contribution is 2.40. The summed E-state index contributed by atoms with van der Waals surface area (Å²) in [5.41, 5.74) is 1.08. The average molecular weight is 291 g/mol. The Morgan fingerprint density at radius 1 is 1.19 bits per heavy atom. The van der Waals surface area contributed by atoms with Crippen LogP contribution in [0.5, 0.6) is 11.5 Å². The van der Waals surface area contributed by atoms with Crippen LogP contribution >= 0.6 is 0 Å². The molecule has 2 aliphatic heterocycles. The second kappa shape index (κ2) is 6.24. The molecule has 1 fully saturated rings. The lowest BCUT2D eigenvalue weighted by Gasteiger charge is -2.35. The summed E-state index contributed by atoms with van der Waals surface area (Å²) in [6.45, 7) is 7.49. The Hall–Kier alpha value is -1.26. The van der Waals surface area contributed by atoms with Gasteiger partial charge in [0.25, 0.3) is 0 Å². The minimum Gasteiger partial charge on any atom is -0.486 e. The van der Waals surface area contributed by atoms with E-state index in [0.29, 0.717) is 13.2 Å². The van der Waals surface area contributed by atoms with Crippen molar-refractivity contribution >= 4 is 0 Å². The summed E-state index contributed by atoms with van der Waals surface area (Å²) >= 11 is 0. The third-order valence-electron chi connectivity index (χ3n) is 4.36. The summed E-state index contributed by atoms with van der Waals surface area (Å²) < 4.78 is 17.4. The van der Waals surface area contributed by atoms with Crippen LogP contribution in [0.4, 0.5) is 0 Å². The zero-order chi connectivity index (χ0) is 14.7. The van der Waals surface area contributed by atoms with Gasteiger partial charge in [0.15, 0.2) is 11.5 Å². The molecule has 0 bridgehead atoms. The maximum atomic E-state index is 6.06. The first-order valence-corrected chi connectivity index (χ1v) is 8.00. The fraction of sp³-hybridized carbons (Fsp3) is 0.647. The molecule has 0 radical (unpaired) electrons. The largest absolute Gasteiger partial charge is 0.486 e. The molecule has 116 valence electrons. The van der Waals surface area contributed by atoms with Gasteiger partial charge in [-0.25, -0.2) is 0 Å². The van der Waals surface area contributed by atoms with Crippen LogP contribution in [0, 0.1) is 0 Å². The van der Waals surface area contributed by atoms with Crippen LogP contribution < -0.4 is 14.8 Å². The number of benzene rings is 1. The number of rotatable bonds is 5. The molecule has 0 aromatic heterocycles. The zero-order valence-electron chi connectivity index (χ0n) is 13.0. The molecular formula is C17H25NO3. The van der Waals surface area contributed by atoms with Crippen molar-refractivity contribution in [2.45, 2.75) is 44.8 Å². The van der Waals surface area contributed by atoms with Gasteiger partial charge in [0.2, 0.25) is 0 Å². The van der Waals surface area contributed by atoms with E-state index in [0.717, 1.165) is 43.9 Å². The van der Waals surface area contributed by atoms with Crippen molar-refractivity contribution in [3.63, 3.8) is 0 Å². The number of hydrogen-bond donors (Lipinski definition) is 1. The van der Waals surface area contributed by atoms with Crippen LogP contribution in [0.3, 0.4) is 0 Å². The average Bonchev–Trinajstić information content (AvgIpc) is 2.95. The van der Waals surface area contributed by atoms with Crippen LogP contribution in [0.2, 0.25) is 0 Å². The van der Waals surface area contributed by atoms with Crippen molar-refractivity contribution in [1.82, 2.24) is 5.32 Å². The highest BCUT2D eigenvalue weighted by molar-refractivity contribution is 5.45. The molecule has 2 heterocycles. The fourth-order valence-corrected chi connectivity index (χ4v) is 3.24. The molecule has 1 aromatic carbocycles. The number of fused-ring (bicyclic) bond motifs is 1. The fourth-order valence-electron chi connectivity index (χ4n) is 3.24. The van der Waals surface area contributed by atoms with Gasteiger partial charge in [-0.05, 0) is 50.4 Å². The van der Waals surface area contributed by atoms with Gasteiger partial charge in [-0.3, -0.25) is 0 Å². The number of nitrogens with one attached hydrogen (secondary N) is 1. The molecule has 2 unspecified atom stereocenters. The van der Waals surface area contributed by atoms with E-state index in [4.69, 9.17) is 14.2 Å². The van der Waals surface area contributed by atoms with Crippen LogP contribution in [-0.4, -0.2) is 32.0 Å². The molecule has 0 amide bonds. The second-order valence-corrected chi connectivity index (χ2v) is 6.05. The first-order valence-electron chi connectivity index (χ1n) is 8.00. The van der Waals surface area contributed by atoms with Crippen LogP contribution in [0.1, 0.15) is 44.7 Å². The van der Waals surface area contributed by atoms with E-state index in [2.05, 4.69) is 31.3 Å². The quantitative estimate of drug-likeness (QED) is 0.905. The Morgan fingerprint density at radius 3 is 2.71 bits per heavy atom. The monoisotopic (exact) mass is 291 g/mol. The summed E-state index contributed by atoms with van der Waals surface area (Å²) in [5, 5.41) is 3.65. The molecule has 0 aliphatic carbocycles. The third-order valence-corrected chi connectivity index (χ3v) is 4.36. The first-order chi connectivity index (χ1) is 10.2. The summed E-state index contributed by atoms with van der Waals surface area (Å²) in [6, 6.07) is 6.45. The Morgan fingerprint density at radius 2 is 2.00 bits per heavy atom. The smallest absolute Gasteiger partial charge is 0.161 e. The third kappa shape index (κ3) is 3.01. The molecule has 4 nitrogen and oxygen atoms in total. The Kier molecular flexibility index (Phi) is 4.36. The van der Waals surface area contributed by atoms with Crippen molar-refractivity contribution in [1.29, 1.82) is 0 Å².